The molecule has 0 bridgehead atoms. The van der Waals surface area contributed by atoms with E-state index in [1.165, 1.54) is 30.9 Å². The fourth-order valence-corrected chi connectivity index (χ4v) is 4.46. The number of benzene rings is 1. The third-order valence-corrected chi connectivity index (χ3v) is 5.89. The van der Waals surface area contributed by atoms with Gasteiger partial charge in [0.25, 0.3) is 5.91 Å². The van der Waals surface area contributed by atoms with E-state index in [0.29, 0.717) is 24.6 Å². The molecule has 1 amide bonds. The molecular weight excluding hydrogens is 359 g/mol. The van der Waals surface area contributed by atoms with Crippen molar-refractivity contribution in [3.05, 3.63) is 47.0 Å². The number of hydrogen-bond donors (Lipinski definition) is 0. The molecule has 4 rings (SSSR count). The van der Waals surface area contributed by atoms with Crippen LogP contribution in [-0.2, 0) is 11.8 Å². The minimum Gasteiger partial charge on any atom is -0.496 e. The number of aromatic nitrogens is 2. The second-order valence-corrected chi connectivity index (χ2v) is 7.89. The molecule has 1 aliphatic carbocycles. The fraction of sp³-hybridized carbons (Fsp3) is 0.476. The third kappa shape index (κ3) is 3.08. The molecule has 0 radical (unpaired) electrons. The maximum absolute atomic E-state index is 13.5. The molecular formula is C21H25FN4O2. The van der Waals surface area contributed by atoms with Crippen LogP contribution in [-0.4, -0.2) is 55.1 Å². The Balaban J connectivity index is 1.65. The monoisotopic (exact) mass is 384 g/mol. The molecule has 1 aromatic heterocycles. The summed E-state index contributed by atoms with van der Waals surface area (Å²) >= 11 is 0. The zero-order chi connectivity index (χ0) is 19.9. The lowest BCUT2D eigenvalue weighted by Gasteiger charge is -2.40. The van der Waals surface area contributed by atoms with Crippen molar-refractivity contribution in [3.63, 3.8) is 0 Å². The van der Waals surface area contributed by atoms with Crippen LogP contribution in [0.4, 0.5) is 10.3 Å². The lowest BCUT2D eigenvalue weighted by molar-refractivity contribution is 0.0630. The number of nitrogens with zero attached hydrogens (tertiary/aromatic N) is 4. The van der Waals surface area contributed by atoms with Gasteiger partial charge >= 0.3 is 0 Å². The fourth-order valence-electron chi connectivity index (χ4n) is 4.46. The van der Waals surface area contributed by atoms with Gasteiger partial charge in [0.2, 0.25) is 5.95 Å². The highest BCUT2D eigenvalue weighted by Gasteiger charge is 2.45. The highest BCUT2D eigenvalue weighted by molar-refractivity contribution is 5.97. The number of likely N-dealkylation sites (tertiary alicyclic amines) is 1. The van der Waals surface area contributed by atoms with Crippen molar-refractivity contribution in [1.29, 1.82) is 0 Å². The molecule has 1 unspecified atom stereocenters. The topological polar surface area (TPSA) is 58.6 Å². The standard InChI is InChI=1S/C21H25FN4O2/c1-25(2)20-23-12-14-7-9-21(18(14)24-20)8-4-10-26(13-21)19(27)16-6-5-15(22)11-17(16)28-3/h5-6,11-12H,4,7-10,13H2,1-3H3. The second kappa shape index (κ2) is 7.04. The molecule has 1 fully saturated rings. The van der Waals surface area contributed by atoms with Crippen LogP contribution in [0.15, 0.2) is 24.4 Å². The summed E-state index contributed by atoms with van der Waals surface area (Å²) in [6.07, 6.45) is 5.75. The van der Waals surface area contributed by atoms with Crippen molar-refractivity contribution in [1.82, 2.24) is 14.9 Å². The van der Waals surface area contributed by atoms with E-state index in [0.717, 1.165) is 31.4 Å². The average Bonchev–Trinajstić information content (AvgIpc) is 3.04. The Labute approximate surface area is 164 Å². The van der Waals surface area contributed by atoms with Crippen LogP contribution in [0.25, 0.3) is 0 Å². The molecule has 0 saturated carbocycles. The number of carbonyl (C=O) groups is 1. The number of methoxy groups -OCH3 is 1. The minimum absolute atomic E-state index is 0.119. The van der Waals surface area contributed by atoms with Gasteiger partial charge in [-0.05, 0) is 43.4 Å². The molecule has 1 aliphatic heterocycles. The van der Waals surface area contributed by atoms with Crippen molar-refractivity contribution in [3.8, 4) is 5.75 Å². The van der Waals surface area contributed by atoms with E-state index in [9.17, 15) is 9.18 Å². The zero-order valence-electron chi connectivity index (χ0n) is 16.5. The lowest BCUT2D eigenvalue weighted by Crippen LogP contribution is -2.48. The van der Waals surface area contributed by atoms with Gasteiger partial charge in [0, 0.05) is 44.9 Å². The van der Waals surface area contributed by atoms with Crippen LogP contribution >= 0.6 is 0 Å². The molecule has 148 valence electrons. The molecule has 2 aromatic rings. The van der Waals surface area contributed by atoms with Gasteiger partial charge in [0.1, 0.15) is 11.6 Å². The molecule has 7 heteroatoms. The summed E-state index contributed by atoms with van der Waals surface area (Å²) in [5.74, 6) is 0.435. The predicted molar refractivity (Wildman–Crippen MR) is 104 cm³/mol. The highest BCUT2D eigenvalue weighted by atomic mass is 19.1. The van der Waals surface area contributed by atoms with E-state index in [1.807, 2.05) is 30.1 Å². The van der Waals surface area contributed by atoms with Crippen LogP contribution < -0.4 is 9.64 Å². The van der Waals surface area contributed by atoms with E-state index in [4.69, 9.17) is 9.72 Å². The number of halogens is 1. The number of ether oxygens (including phenoxy) is 1. The van der Waals surface area contributed by atoms with Crippen LogP contribution in [0.1, 0.15) is 40.9 Å². The molecule has 2 aliphatic rings. The molecule has 1 saturated heterocycles. The van der Waals surface area contributed by atoms with Crippen LogP contribution in [0.5, 0.6) is 5.75 Å². The number of rotatable bonds is 3. The molecule has 1 spiro atoms. The summed E-state index contributed by atoms with van der Waals surface area (Å²) in [7, 11) is 5.32. The summed E-state index contributed by atoms with van der Waals surface area (Å²) in [4.78, 5) is 26.3. The lowest BCUT2D eigenvalue weighted by atomic mass is 9.77. The van der Waals surface area contributed by atoms with Gasteiger partial charge < -0.3 is 14.5 Å². The Morgan fingerprint density at radius 2 is 2.14 bits per heavy atom. The number of fused-ring (bicyclic) bond motifs is 2. The normalized spacial score (nSPS) is 20.9. The maximum Gasteiger partial charge on any atom is 0.257 e. The molecule has 0 N–H and O–H groups in total. The van der Waals surface area contributed by atoms with E-state index in [2.05, 4.69) is 4.98 Å². The molecule has 6 nitrogen and oxygen atoms in total. The van der Waals surface area contributed by atoms with Crippen LogP contribution in [0, 0.1) is 5.82 Å². The smallest absolute Gasteiger partial charge is 0.257 e. The Morgan fingerprint density at radius 3 is 2.89 bits per heavy atom. The number of carbonyl (C=O) groups excluding carboxylic acids is 1. The number of anilines is 1. The summed E-state index contributed by atoms with van der Waals surface area (Å²) in [6, 6.07) is 4.07. The first-order valence-corrected chi connectivity index (χ1v) is 9.60. The Kier molecular flexibility index (Phi) is 4.69. The minimum atomic E-state index is -0.416. The van der Waals surface area contributed by atoms with E-state index >= 15 is 0 Å². The zero-order valence-corrected chi connectivity index (χ0v) is 16.5. The van der Waals surface area contributed by atoms with E-state index < -0.39 is 5.82 Å². The second-order valence-electron chi connectivity index (χ2n) is 7.89. The Morgan fingerprint density at radius 1 is 1.32 bits per heavy atom. The average molecular weight is 384 g/mol. The quantitative estimate of drug-likeness (QED) is 0.815. The van der Waals surface area contributed by atoms with Crippen LogP contribution in [0.3, 0.4) is 0 Å². The van der Waals surface area contributed by atoms with E-state index in [-0.39, 0.29) is 17.1 Å². The number of piperidine rings is 1. The van der Waals surface area contributed by atoms with Gasteiger partial charge in [-0.1, -0.05) is 0 Å². The molecule has 1 aromatic carbocycles. The first-order valence-electron chi connectivity index (χ1n) is 9.60. The summed E-state index contributed by atoms with van der Waals surface area (Å²) in [6.45, 7) is 1.30. The molecule has 1 atom stereocenters. The van der Waals surface area contributed by atoms with Gasteiger partial charge in [-0.25, -0.2) is 14.4 Å². The van der Waals surface area contributed by atoms with Gasteiger partial charge in [-0.2, -0.15) is 0 Å². The first-order chi connectivity index (χ1) is 13.4. The van der Waals surface area contributed by atoms with Crippen molar-refractivity contribution < 1.29 is 13.9 Å². The summed E-state index contributed by atoms with van der Waals surface area (Å²) < 4.78 is 18.8. The molecule has 2 heterocycles. The van der Waals surface area contributed by atoms with Gasteiger partial charge in [-0.3, -0.25) is 4.79 Å². The van der Waals surface area contributed by atoms with E-state index in [1.54, 1.807) is 0 Å². The Hall–Kier alpha value is -2.70. The largest absolute Gasteiger partial charge is 0.496 e. The number of amides is 1. The van der Waals surface area contributed by atoms with Crippen molar-refractivity contribution >= 4 is 11.9 Å². The first kappa shape index (κ1) is 18.7. The van der Waals surface area contributed by atoms with Crippen molar-refractivity contribution in [2.45, 2.75) is 31.1 Å². The molecule has 28 heavy (non-hydrogen) atoms. The number of hydrogen-bond acceptors (Lipinski definition) is 5. The van der Waals surface area contributed by atoms with Gasteiger partial charge in [0.05, 0.1) is 18.4 Å². The van der Waals surface area contributed by atoms with Gasteiger partial charge in [0.15, 0.2) is 0 Å². The summed E-state index contributed by atoms with van der Waals surface area (Å²) in [5.41, 5.74) is 2.52. The SMILES string of the molecule is COc1cc(F)ccc1C(=O)N1CCCC2(CCc3cnc(N(C)C)nc32)C1. The summed E-state index contributed by atoms with van der Waals surface area (Å²) in [5, 5.41) is 0. The van der Waals surface area contributed by atoms with Crippen molar-refractivity contribution in [2.24, 2.45) is 0 Å². The highest BCUT2D eigenvalue weighted by Crippen LogP contribution is 2.44. The Bertz CT molecular complexity index is 913. The number of aryl methyl sites for hydroxylation is 1. The predicted octanol–water partition coefficient (Wildman–Crippen LogP) is 2.81. The maximum atomic E-state index is 13.5. The van der Waals surface area contributed by atoms with Gasteiger partial charge in [-0.15, -0.1) is 0 Å². The van der Waals surface area contributed by atoms with Crippen molar-refractivity contribution in [2.75, 3.05) is 39.2 Å². The third-order valence-electron chi connectivity index (χ3n) is 5.89. The van der Waals surface area contributed by atoms with Crippen LogP contribution in [0.2, 0.25) is 0 Å².